The van der Waals surface area contributed by atoms with E-state index in [-0.39, 0.29) is 16.1 Å². The van der Waals surface area contributed by atoms with E-state index >= 15 is 0 Å². The molecule has 0 spiro atoms. The highest BCUT2D eigenvalue weighted by molar-refractivity contribution is 6.40. The van der Waals surface area contributed by atoms with Crippen molar-refractivity contribution in [3.63, 3.8) is 0 Å². The normalized spacial score (nSPS) is 10.2. The van der Waals surface area contributed by atoms with Gasteiger partial charge in [-0.1, -0.05) is 34.8 Å². The molecule has 18 heavy (non-hydrogen) atoms. The van der Waals surface area contributed by atoms with Gasteiger partial charge in [-0.2, -0.15) is 0 Å². The van der Waals surface area contributed by atoms with Crippen LogP contribution in [0.25, 0.3) is 0 Å². The predicted octanol–water partition coefficient (Wildman–Crippen LogP) is 3.55. The van der Waals surface area contributed by atoms with E-state index in [0.717, 1.165) is 0 Å². The Morgan fingerprint density at radius 1 is 1.22 bits per heavy atom. The Kier molecular flexibility index (Phi) is 3.96. The Bertz CT molecular complexity index is 549. The van der Waals surface area contributed by atoms with Crippen molar-refractivity contribution in [2.75, 3.05) is 5.48 Å². The Balaban J connectivity index is 1.98. The molecule has 94 valence electrons. The van der Waals surface area contributed by atoms with Crippen LogP contribution in [-0.2, 0) is 4.84 Å². The molecule has 0 saturated heterocycles. The third-order valence-electron chi connectivity index (χ3n) is 1.92. The second-order valence-electron chi connectivity index (χ2n) is 3.19. The number of halogens is 3. The number of carbonyl (C=O) groups excluding carboxylic acids is 1. The highest BCUT2D eigenvalue weighted by atomic mass is 35.5. The lowest BCUT2D eigenvalue weighted by Gasteiger charge is -2.04. The zero-order chi connectivity index (χ0) is 13.1. The second-order valence-corrected chi connectivity index (χ2v) is 4.36. The highest BCUT2D eigenvalue weighted by Crippen LogP contribution is 2.18. The Morgan fingerprint density at radius 3 is 2.44 bits per heavy atom. The molecule has 0 aliphatic heterocycles. The molecule has 0 aliphatic rings. The number of H-pyrrole nitrogens is 1. The predicted molar refractivity (Wildman–Crippen MR) is 69.1 cm³/mol. The summed E-state index contributed by atoms with van der Waals surface area (Å²) in [5, 5.41) is 0.668. The summed E-state index contributed by atoms with van der Waals surface area (Å²) in [5.41, 5.74) is 3.01. The molecule has 0 aliphatic carbocycles. The summed E-state index contributed by atoms with van der Waals surface area (Å²) in [6.07, 6.45) is 0. The van der Waals surface area contributed by atoms with Crippen LogP contribution in [0, 0.1) is 0 Å². The largest absolute Gasteiger partial charge is 0.398 e. The molecule has 8 heteroatoms. The molecule has 0 unspecified atom stereocenters. The fraction of sp³-hybridized carbons (Fsp3) is 0. The average Bonchev–Trinajstić information content (AvgIpc) is 2.69. The summed E-state index contributed by atoms with van der Waals surface area (Å²) < 4.78 is 0. The average molecular weight is 307 g/mol. The number of anilines is 1. The number of aromatic nitrogens is 2. The Morgan fingerprint density at radius 2 is 1.89 bits per heavy atom. The van der Waals surface area contributed by atoms with E-state index in [1.807, 2.05) is 0 Å². The smallest absolute Gasteiger partial charge is 0.335 e. The van der Waals surface area contributed by atoms with Crippen LogP contribution in [0.5, 0.6) is 0 Å². The van der Waals surface area contributed by atoms with E-state index in [9.17, 15) is 4.79 Å². The van der Waals surface area contributed by atoms with Crippen LogP contribution in [0.3, 0.4) is 0 Å². The summed E-state index contributed by atoms with van der Waals surface area (Å²) in [4.78, 5) is 22.5. The van der Waals surface area contributed by atoms with Crippen LogP contribution in [0.2, 0.25) is 15.3 Å². The van der Waals surface area contributed by atoms with Gasteiger partial charge in [0.25, 0.3) is 0 Å². The number of rotatable bonds is 3. The number of imidazole rings is 1. The van der Waals surface area contributed by atoms with Gasteiger partial charge in [-0.25, -0.2) is 15.3 Å². The minimum Gasteiger partial charge on any atom is -0.335 e. The zero-order valence-corrected chi connectivity index (χ0v) is 11.0. The summed E-state index contributed by atoms with van der Waals surface area (Å²) in [6, 6.07) is 6.60. The summed E-state index contributed by atoms with van der Waals surface area (Å²) in [7, 11) is 0. The van der Waals surface area contributed by atoms with Gasteiger partial charge in [-0.15, -0.1) is 0 Å². The number of hydrogen-bond donors (Lipinski definition) is 2. The standard InChI is InChI=1S/C10H6Cl3N3O2/c11-5-1-3-6(4-2-5)16-18-10(17)9-14-7(12)8(13)15-9/h1-4,16H,(H,14,15). The van der Waals surface area contributed by atoms with Gasteiger partial charge in [0.05, 0.1) is 5.69 Å². The lowest BCUT2D eigenvalue weighted by Crippen LogP contribution is -2.12. The molecule has 0 bridgehead atoms. The van der Waals surface area contributed by atoms with Gasteiger partial charge in [0, 0.05) is 5.02 Å². The molecule has 0 fully saturated rings. The molecule has 5 nitrogen and oxygen atoms in total. The first kappa shape index (κ1) is 13.0. The SMILES string of the molecule is O=C(ONc1ccc(Cl)cc1)c1nc(Cl)c(Cl)[nH]1. The molecule has 2 N–H and O–H groups in total. The first-order chi connectivity index (χ1) is 8.56. The van der Waals surface area contributed by atoms with Crippen LogP contribution < -0.4 is 5.48 Å². The van der Waals surface area contributed by atoms with E-state index in [1.165, 1.54) is 0 Å². The van der Waals surface area contributed by atoms with Crippen molar-refractivity contribution in [1.82, 2.24) is 9.97 Å². The minimum absolute atomic E-state index is 0.00936. The van der Waals surface area contributed by atoms with Crippen LogP contribution >= 0.6 is 34.8 Å². The van der Waals surface area contributed by atoms with Crippen molar-refractivity contribution in [3.8, 4) is 0 Å². The van der Waals surface area contributed by atoms with Crippen molar-refractivity contribution in [2.45, 2.75) is 0 Å². The van der Waals surface area contributed by atoms with E-state index in [2.05, 4.69) is 15.4 Å². The summed E-state index contributed by atoms with van der Waals surface area (Å²) in [5.74, 6) is -0.829. The topological polar surface area (TPSA) is 67.0 Å². The molecular weight excluding hydrogens is 300 g/mol. The fourth-order valence-corrected chi connectivity index (χ4v) is 1.49. The van der Waals surface area contributed by atoms with Gasteiger partial charge in [-0.3, -0.25) is 0 Å². The van der Waals surface area contributed by atoms with Gasteiger partial charge in [0.1, 0.15) is 5.15 Å². The molecule has 0 atom stereocenters. The van der Waals surface area contributed by atoms with E-state index in [0.29, 0.717) is 10.7 Å². The van der Waals surface area contributed by atoms with E-state index in [4.69, 9.17) is 39.6 Å². The second kappa shape index (κ2) is 5.48. The van der Waals surface area contributed by atoms with Gasteiger partial charge in [-0.05, 0) is 24.3 Å². The molecule has 1 heterocycles. The maximum Gasteiger partial charge on any atom is 0.398 e. The quantitative estimate of drug-likeness (QED) is 0.851. The lowest BCUT2D eigenvalue weighted by atomic mass is 10.3. The van der Waals surface area contributed by atoms with Crippen LogP contribution in [-0.4, -0.2) is 15.9 Å². The van der Waals surface area contributed by atoms with Gasteiger partial charge >= 0.3 is 5.97 Å². The summed E-state index contributed by atoms with van der Waals surface area (Å²) >= 11 is 16.9. The molecule has 0 amide bonds. The maximum absolute atomic E-state index is 11.5. The molecule has 1 aromatic carbocycles. The number of nitrogens with one attached hydrogen (secondary N) is 2. The molecule has 0 radical (unpaired) electrons. The molecule has 2 aromatic rings. The number of carbonyl (C=O) groups is 1. The molecule has 2 rings (SSSR count). The molecule has 0 saturated carbocycles. The van der Waals surface area contributed by atoms with Crippen molar-refractivity contribution < 1.29 is 9.63 Å². The van der Waals surface area contributed by atoms with Crippen LogP contribution in [0.4, 0.5) is 5.69 Å². The monoisotopic (exact) mass is 305 g/mol. The van der Waals surface area contributed by atoms with Crippen LogP contribution in [0.15, 0.2) is 24.3 Å². The summed E-state index contributed by atoms with van der Waals surface area (Å²) in [6.45, 7) is 0. The third-order valence-corrected chi connectivity index (χ3v) is 2.81. The minimum atomic E-state index is -0.737. The Hall–Kier alpha value is -1.43. The number of hydrogen-bond acceptors (Lipinski definition) is 4. The molecule has 1 aromatic heterocycles. The van der Waals surface area contributed by atoms with E-state index < -0.39 is 5.97 Å². The number of aromatic amines is 1. The third kappa shape index (κ3) is 3.07. The van der Waals surface area contributed by atoms with Crippen molar-refractivity contribution in [1.29, 1.82) is 0 Å². The number of nitrogens with zero attached hydrogens (tertiary/aromatic N) is 1. The Labute approximate surface area is 117 Å². The van der Waals surface area contributed by atoms with E-state index in [1.54, 1.807) is 24.3 Å². The van der Waals surface area contributed by atoms with Crippen LogP contribution in [0.1, 0.15) is 10.6 Å². The fourth-order valence-electron chi connectivity index (χ4n) is 1.10. The van der Waals surface area contributed by atoms with Crippen molar-refractivity contribution in [2.24, 2.45) is 0 Å². The van der Waals surface area contributed by atoms with Crippen molar-refractivity contribution in [3.05, 3.63) is 45.4 Å². The zero-order valence-electron chi connectivity index (χ0n) is 8.71. The first-order valence-electron chi connectivity index (χ1n) is 4.70. The van der Waals surface area contributed by atoms with Gasteiger partial charge < -0.3 is 9.82 Å². The van der Waals surface area contributed by atoms with Gasteiger partial charge in [0.2, 0.25) is 5.82 Å². The first-order valence-corrected chi connectivity index (χ1v) is 5.83. The van der Waals surface area contributed by atoms with Crippen molar-refractivity contribution >= 4 is 46.5 Å². The maximum atomic E-state index is 11.5. The van der Waals surface area contributed by atoms with Gasteiger partial charge in [0.15, 0.2) is 5.15 Å². The molecular formula is C10H6Cl3N3O2. The highest BCUT2D eigenvalue weighted by Gasteiger charge is 2.15. The number of benzene rings is 1. The lowest BCUT2D eigenvalue weighted by molar-refractivity contribution is 0.0584.